The average molecular weight is 268 g/mol. The number of carboxylic acid groups (broad SMARTS) is 1. The second-order valence-corrected chi connectivity index (χ2v) is 5.91. The summed E-state index contributed by atoms with van der Waals surface area (Å²) in [5.41, 5.74) is -0.994. The normalized spacial score (nSPS) is 34.5. The lowest BCUT2D eigenvalue weighted by Gasteiger charge is -2.35. The average Bonchev–Trinajstić information content (AvgIpc) is 2.96. The minimum absolute atomic E-state index is 0.194. The molecule has 1 saturated heterocycles. The SMILES string of the molecule is CCC1(C(=O)O)CCCN1C(=O)NC1CCCC1C. The van der Waals surface area contributed by atoms with Gasteiger partial charge in [0, 0.05) is 12.6 Å². The summed E-state index contributed by atoms with van der Waals surface area (Å²) in [5.74, 6) is -0.380. The Hall–Kier alpha value is -1.26. The highest BCUT2D eigenvalue weighted by molar-refractivity contribution is 5.87. The van der Waals surface area contributed by atoms with Crippen LogP contribution < -0.4 is 5.32 Å². The Kier molecular flexibility index (Phi) is 4.02. The van der Waals surface area contributed by atoms with Gasteiger partial charge in [-0.2, -0.15) is 0 Å². The van der Waals surface area contributed by atoms with E-state index in [1.165, 1.54) is 0 Å². The third-order valence-corrected chi connectivity index (χ3v) is 4.89. The molecule has 5 nitrogen and oxygen atoms in total. The summed E-state index contributed by atoms with van der Waals surface area (Å²) in [6.45, 7) is 4.54. The molecule has 0 aromatic rings. The van der Waals surface area contributed by atoms with Gasteiger partial charge in [0.2, 0.25) is 0 Å². The fourth-order valence-corrected chi connectivity index (χ4v) is 3.51. The van der Waals surface area contributed by atoms with Crippen LogP contribution in [0.1, 0.15) is 52.4 Å². The molecule has 2 rings (SSSR count). The van der Waals surface area contributed by atoms with Gasteiger partial charge in [0.25, 0.3) is 0 Å². The van der Waals surface area contributed by atoms with Crippen molar-refractivity contribution in [1.82, 2.24) is 10.2 Å². The van der Waals surface area contributed by atoms with Crippen LogP contribution in [0.15, 0.2) is 0 Å². The number of nitrogens with zero attached hydrogens (tertiary/aromatic N) is 1. The number of carbonyl (C=O) groups excluding carboxylic acids is 1. The van der Waals surface area contributed by atoms with Crippen molar-refractivity contribution in [2.24, 2.45) is 5.92 Å². The first-order valence-corrected chi connectivity index (χ1v) is 7.33. The smallest absolute Gasteiger partial charge is 0.329 e. The van der Waals surface area contributed by atoms with Crippen LogP contribution in [0.4, 0.5) is 4.79 Å². The van der Waals surface area contributed by atoms with Gasteiger partial charge < -0.3 is 15.3 Å². The van der Waals surface area contributed by atoms with Crippen LogP contribution in [0.3, 0.4) is 0 Å². The molecule has 3 atom stereocenters. The molecule has 0 radical (unpaired) electrons. The van der Waals surface area contributed by atoms with Crippen molar-refractivity contribution < 1.29 is 14.7 Å². The summed E-state index contributed by atoms with van der Waals surface area (Å²) in [4.78, 5) is 25.5. The van der Waals surface area contributed by atoms with E-state index >= 15 is 0 Å². The topological polar surface area (TPSA) is 69.6 Å². The van der Waals surface area contributed by atoms with Crippen LogP contribution in [0.5, 0.6) is 0 Å². The summed E-state index contributed by atoms with van der Waals surface area (Å²) in [6, 6.07) is 0.0111. The maximum atomic E-state index is 12.4. The summed E-state index contributed by atoms with van der Waals surface area (Å²) in [7, 11) is 0. The largest absolute Gasteiger partial charge is 0.479 e. The number of rotatable bonds is 3. The van der Waals surface area contributed by atoms with Gasteiger partial charge in [-0.3, -0.25) is 0 Å². The van der Waals surface area contributed by atoms with Crippen molar-refractivity contribution >= 4 is 12.0 Å². The van der Waals surface area contributed by atoms with Gasteiger partial charge in [-0.15, -0.1) is 0 Å². The van der Waals surface area contributed by atoms with Crippen molar-refractivity contribution in [2.75, 3.05) is 6.54 Å². The number of carboxylic acids is 1. The maximum Gasteiger partial charge on any atom is 0.329 e. The van der Waals surface area contributed by atoms with Crippen LogP contribution >= 0.6 is 0 Å². The fourth-order valence-electron chi connectivity index (χ4n) is 3.51. The van der Waals surface area contributed by atoms with Gasteiger partial charge in [0.05, 0.1) is 0 Å². The van der Waals surface area contributed by atoms with E-state index in [9.17, 15) is 14.7 Å². The Morgan fingerprint density at radius 2 is 2.11 bits per heavy atom. The number of aliphatic carboxylic acids is 1. The maximum absolute atomic E-state index is 12.4. The molecule has 3 unspecified atom stereocenters. The van der Waals surface area contributed by atoms with E-state index in [0.717, 1.165) is 25.7 Å². The van der Waals surface area contributed by atoms with Gasteiger partial charge >= 0.3 is 12.0 Å². The molecule has 1 saturated carbocycles. The first-order chi connectivity index (χ1) is 9.01. The number of carbonyl (C=O) groups is 2. The highest BCUT2D eigenvalue weighted by Crippen LogP contribution is 2.33. The van der Waals surface area contributed by atoms with Crippen LogP contribution in [0.25, 0.3) is 0 Å². The molecule has 1 heterocycles. The quantitative estimate of drug-likeness (QED) is 0.824. The number of amides is 2. The van der Waals surface area contributed by atoms with Crippen molar-refractivity contribution in [3.63, 3.8) is 0 Å². The molecule has 1 aliphatic heterocycles. The molecule has 2 amide bonds. The Morgan fingerprint density at radius 1 is 1.37 bits per heavy atom. The van der Waals surface area contributed by atoms with Crippen molar-refractivity contribution in [3.05, 3.63) is 0 Å². The van der Waals surface area contributed by atoms with Gasteiger partial charge in [0.15, 0.2) is 0 Å². The molecular weight excluding hydrogens is 244 g/mol. The number of urea groups is 1. The number of nitrogens with one attached hydrogen (secondary N) is 1. The highest BCUT2D eigenvalue weighted by Gasteiger charge is 2.49. The van der Waals surface area contributed by atoms with E-state index < -0.39 is 11.5 Å². The standard InChI is InChI=1S/C14H24N2O3/c1-3-14(12(17)18)8-5-9-16(14)13(19)15-11-7-4-6-10(11)2/h10-11H,3-9H2,1-2H3,(H,15,19)(H,17,18). The Bertz CT molecular complexity index is 372. The zero-order chi connectivity index (χ0) is 14.0. The molecular formula is C14H24N2O3. The summed E-state index contributed by atoms with van der Waals surface area (Å²) in [6.07, 6.45) is 5.09. The van der Waals surface area contributed by atoms with Crippen LogP contribution in [0.2, 0.25) is 0 Å². The van der Waals surface area contributed by atoms with E-state index in [-0.39, 0.29) is 12.1 Å². The molecule has 108 valence electrons. The first kappa shape index (κ1) is 14.2. The highest BCUT2D eigenvalue weighted by atomic mass is 16.4. The molecule has 1 aliphatic carbocycles. The minimum Gasteiger partial charge on any atom is -0.479 e. The number of hydrogen-bond acceptors (Lipinski definition) is 2. The second-order valence-electron chi connectivity index (χ2n) is 5.91. The van der Waals surface area contributed by atoms with E-state index in [2.05, 4.69) is 12.2 Å². The minimum atomic E-state index is -0.994. The molecule has 0 spiro atoms. The third-order valence-electron chi connectivity index (χ3n) is 4.89. The second kappa shape index (κ2) is 5.39. The summed E-state index contributed by atoms with van der Waals surface area (Å²) in [5, 5.41) is 12.5. The van der Waals surface area contributed by atoms with Crippen molar-refractivity contribution in [3.8, 4) is 0 Å². The van der Waals surface area contributed by atoms with Crippen LogP contribution in [0, 0.1) is 5.92 Å². The van der Waals surface area contributed by atoms with Crippen molar-refractivity contribution in [2.45, 2.75) is 64.0 Å². The van der Waals surface area contributed by atoms with Gasteiger partial charge in [-0.25, -0.2) is 9.59 Å². The molecule has 0 aromatic carbocycles. The van der Waals surface area contributed by atoms with E-state index in [0.29, 0.717) is 25.3 Å². The van der Waals surface area contributed by atoms with E-state index in [1.54, 1.807) is 4.90 Å². The summed E-state index contributed by atoms with van der Waals surface area (Å²) >= 11 is 0. The zero-order valence-corrected chi connectivity index (χ0v) is 11.8. The molecule has 2 N–H and O–H groups in total. The lowest BCUT2D eigenvalue weighted by atomic mass is 9.93. The Balaban J connectivity index is 2.07. The molecule has 0 bridgehead atoms. The van der Waals surface area contributed by atoms with E-state index in [4.69, 9.17) is 0 Å². The monoisotopic (exact) mass is 268 g/mol. The fraction of sp³-hybridized carbons (Fsp3) is 0.857. The van der Waals surface area contributed by atoms with Crippen molar-refractivity contribution in [1.29, 1.82) is 0 Å². The third kappa shape index (κ3) is 2.42. The molecule has 19 heavy (non-hydrogen) atoms. The Labute approximate surface area is 114 Å². The summed E-state index contributed by atoms with van der Waals surface area (Å²) < 4.78 is 0. The van der Waals surface area contributed by atoms with Gasteiger partial charge in [-0.1, -0.05) is 20.3 Å². The molecule has 5 heteroatoms. The van der Waals surface area contributed by atoms with E-state index in [1.807, 2.05) is 6.92 Å². The number of likely N-dealkylation sites (tertiary alicyclic amines) is 1. The lowest BCUT2D eigenvalue weighted by molar-refractivity contribution is -0.148. The lowest BCUT2D eigenvalue weighted by Crippen LogP contribution is -2.57. The molecule has 0 aromatic heterocycles. The zero-order valence-electron chi connectivity index (χ0n) is 11.8. The van der Waals surface area contributed by atoms with Gasteiger partial charge in [0.1, 0.15) is 5.54 Å². The molecule has 2 fully saturated rings. The predicted octanol–water partition coefficient (Wildman–Crippen LogP) is 2.21. The molecule has 2 aliphatic rings. The van der Waals surface area contributed by atoms with Crippen LogP contribution in [-0.2, 0) is 4.79 Å². The Morgan fingerprint density at radius 3 is 2.63 bits per heavy atom. The van der Waals surface area contributed by atoms with Crippen LogP contribution in [-0.4, -0.2) is 40.1 Å². The predicted molar refractivity (Wildman–Crippen MR) is 71.9 cm³/mol. The number of hydrogen-bond donors (Lipinski definition) is 2. The van der Waals surface area contributed by atoms with Gasteiger partial charge in [-0.05, 0) is 38.0 Å². The first-order valence-electron chi connectivity index (χ1n) is 7.33.